The summed E-state index contributed by atoms with van der Waals surface area (Å²) in [7, 11) is 1.61. The van der Waals surface area contributed by atoms with Crippen LogP contribution in [0.2, 0.25) is 0 Å². The molecule has 1 aliphatic rings. The van der Waals surface area contributed by atoms with Gasteiger partial charge in [-0.05, 0) is 25.7 Å². The van der Waals surface area contributed by atoms with Gasteiger partial charge in [-0.1, -0.05) is 13.8 Å². The van der Waals surface area contributed by atoms with Crippen LogP contribution in [-0.2, 0) is 4.79 Å². The predicted octanol–water partition coefficient (Wildman–Crippen LogP) is 2.04. The molecule has 0 aromatic carbocycles. The highest BCUT2D eigenvalue weighted by molar-refractivity contribution is 5.80. The number of carbonyl (C=O) groups excluding carboxylic acids is 1. The summed E-state index contributed by atoms with van der Waals surface area (Å²) in [6, 6.07) is 0.00468. The molecule has 1 saturated carbocycles. The molecule has 1 aliphatic carbocycles. The number of rotatable bonds is 5. The van der Waals surface area contributed by atoms with Crippen LogP contribution in [0.25, 0.3) is 0 Å². The predicted molar refractivity (Wildman–Crippen MR) is 84.1 cm³/mol. The number of guanidine groups is 1. The van der Waals surface area contributed by atoms with Crippen LogP contribution in [0.15, 0.2) is 4.99 Å². The van der Waals surface area contributed by atoms with Gasteiger partial charge < -0.3 is 16.0 Å². The van der Waals surface area contributed by atoms with E-state index >= 15 is 0 Å². The molecule has 5 nitrogen and oxygen atoms in total. The van der Waals surface area contributed by atoms with E-state index in [4.69, 9.17) is 0 Å². The van der Waals surface area contributed by atoms with E-state index in [1.54, 1.807) is 7.05 Å². The lowest BCUT2D eigenvalue weighted by atomic mass is 9.85. The third kappa shape index (κ3) is 7.09. The monoisotopic (exact) mass is 336 g/mol. The topological polar surface area (TPSA) is 65.5 Å². The summed E-state index contributed by atoms with van der Waals surface area (Å²) in [5.74, 6) is -0.697. The summed E-state index contributed by atoms with van der Waals surface area (Å²) in [4.78, 5) is 15.5. The lowest BCUT2D eigenvalue weighted by Crippen LogP contribution is -2.47. The van der Waals surface area contributed by atoms with E-state index in [1.165, 1.54) is 0 Å². The first-order valence-corrected chi connectivity index (χ1v) is 8.05. The minimum Gasteiger partial charge on any atom is -0.355 e. The number of hydrogen-bond acceptors (Lipinski definition) is 2. The van der Waals surface area contributed by atoms with Crippen LogP contribution in [0.4, 0.5) is 13.2 Å². The fraction of sp³-hybridized carbons (Fsp3) is 0.867. The Bertz CT molecular complexity index is 402. The van der Waals surface area contributed by atoms with Crippen molar-refractivity contribution < 1.29 is 18.0 Å². The van der Waals surface area contributed by atoms with Crippen molar-refractivity contribution in [3.05, 3.63) is 0 Å². The van der Waals surface area contributed by atoms with Crippen LogP contribution >= 0.6 is 0 Å². The van der Waals surface area contributed by atoms with Gasteiger partial charge in [-0.3, -0.25) is 9.79 Å². The summed E-state index contributed by atoms with van der Waals surface area (Å²) in [6.07, 6.45) is -2.81. The van der Waals surface area contributed by atoms with E-state index in [2.05, 4.69) is 20.9 Å². The maximum Gasteiger partial charge on any atom is 0.391 e. The van der Waals surface area contributed by atoms with E-state index in [9.17, 15) is 18.0 Å². The molecule has 1 rings (SSSR count). The van der Waals surface area contributed by atoms with E-state index in [0.29, 0.717) is 31.9 Å². The van der Waals surface area contributed by atoms with Crippen LogP contribution in [-0.4, -0.2) is 44.2 Å². The minimum atomic E-state index is -4.08. The summed E-state index contributed by atoms with van der Waals surface area (Å²) in [5.41, 5.74) is 0. The molecular weight excluding hydrogens is 309 g/mol. The average molecular weight is 336 g/mol. The van der Waals surface area contributed by atoms with Crippen LogP contribution in [0.3, 0.4) is 0 Å². The minimum absolute atomic E-state index is 0.00468. The quantitative estimate of drug-likeness (QED) is 0.409. The van der Waals surface area contributed by atoms with E-state index in [-0.39, 0.29) is 30.7 Å². The Morgan fingerprint density at radius 1 is 1.13 bits per heavy atom. The molecule has 0 heterocycles. The van der Waals surface area contributed by atoms with Crippen molar-refractivity contribution in [2.24, 2.45) is 16.8 Å². The van der Waals surface area contributed by atoms with Gasteiger partial charge in [0.15, 0.2) is 5.96 Å². The SMILES string of the molecule is CN=C(NCCNC(=O)C(C)C)NC1CCC(C(F)(F)F)CC1. The number of alkyl halides is 3. The average Bonchev–Trinajstić information content (AvgIpc) is 2.49. The van der Waals surface area contributed by atoms with Gasteiger partial charge in [0, 0.05) is 32.1 Å². The maximum absolute atomic E-state index is 12.6. The third-order valence-corrected chi connectivity index (χ3v) is 4.00. The van der Waals surface area contributed by atoms with Crippen molar-refractivity contribution >= 4 is 11.9 Å². The van der Waals surface area contributed by atoms with Crippen LogP contribution in [0.1, 0.15) is 39.5 Å². The van der Waals surface area contributed by atoms with Crippen LogP contribution in [0.5, 0.6) is 0 Å². The van der Waals surface area contributed by atoms with Gasteiger partial charge in [0.1, 0.15) is 0 Å². The Labute approximate surface area is 135 Å². The first-order valence-electron chi connectivity index (χ1n) is 8.05. The molecule has 0 saturated heterocycles. The van der Waals surface area contributed by atoms with Gasteiger partial charge in [-0.15, -0.1) is 0 Å². The lowest BCUT2D eigenvalue weighted by molar-refractivity contribution is -0.182. The highest BCUT2D eigenvalue weighted by Gasteiger charge is 2.41. The molecule has 1 fully saturated rings. The largest absolute Gasteiger partial charge is 0.391 e. The Balaban J connectivity index is 2.26. The first-order chi connectivity index (χ1) is 10.7. The van der Waals surface area contributed by atoms with Crippen molar-refractivity contribution in [1.82, 2.24) is 16.0 Å². The van der Waals surface area contributed by atoms with Gasteiger partial charge >= 0.3 is 6.18 Å². The number of carbonyl (C=O) groups is 1. The highest BCUT2D eigenvalue weighted by atomic mass is 19.4. The standard InChI is InChI=1S/C15H27F3N4O/c1-10(2)13(23)20-8-9-21-14(19-3)22-12-6-4-11(5-7-12)15(16,17)18/h10-12H,4-9H2,1-3H3,(H,20,23)(H2,19,21,22). The molecule has 0 unspecified atom stereocenters. The molecule has 0 spiro atoms. The summed E-state index contributed by atoms with van der Waals surface area (Å²) in [6.45, 7) is 4.62. The molecular formula is C15H27F3N4O. The maximum atomic E-state index is 12.6. The molecule has 0 aromatic heterocycles. The Morgan fingerprint density at radius 2 is 1.70 bits per heavy atom. The second-order valence-electron chi connectivity index (χ2n) is 6.18. The lowest BCUT2D eigenvalue weighted by Gasteiger charge is -2.31. The fourth-order valence-corrected chi connectivity index (χ4v) is 2.52. The normalized spacial score (nSPS) is 22.8. The number of aliphatic imine (C=N–C) groups is 1. The number of halogens is 3. The van der Waals surface area contributed by atoms with Crippen molar-refractivity contribution in [1.29, 1.82) is 0 Å². The smallest absolute Gasteiger partial charge is 0.355 e. The Morgan fingerprint density at radius 3 is 2.17 bits per heavy atom. The van der Waals surface area contributed by atoms with E-state index in [0.717, 1.165) is 0 Å². The summed E-state index contributed by atoms with van der Waals surface area (Å²) < 4.78 is 37.9. The van der Waals surface area contributed by atoms with Crippen molar-refractivity contribution in [2.75, 3.05) is 20.1 Å². The van der Waals surface area contributed by atoms with E-state index in [1.807, 2.05) is 13.8 Å². The molecule has 0 atom stereocenters. The first kappa shape index (κ1) is 19.6. The second-order valence-corrected chi connectivity index (χ2v) is 6.18. The van der Waals surface area contributed by atoms with Crippen molar-refractivity contribution in [2.45, 2.75) is 51.7 Å². The molecule has 3 N–H and O–H groups in total. The number of nitrogens with one attached hydrogen (secondary N) is 3. The molecule has 0 bridgehead atoms. The zero-order valence-electron chi connectivity index (χ0n) is 14.0. The zero-order valence-corrected chi connectivity index (χ0v) is 14.0. The van der Waals surface area contributed by atoms with Crippen molar-refractivity contribution in [3.8, 4) is 0 Å². The molecule has 23 heavy (non-hydrogen) atoms. The molecule has 1 amide bonds. The fourth-order valence-electron chi connectivity index (χ4n) is 2.52. The number of nitrogens with zero attached hydrogens (tertiary/aromatic N) is 1. The van der Waals surface area contributed by atoms with Gasteiger partial charge in [-0.2, -0.15) is 13.2 Å². The second kappa shape index (κ2) is 8.98. The molecule has 8 heteroatoms. The molecule has 0 radical (unpaired) electrons. The summed E-state index contributed by atoms with van der Waals surface area (Å²) >= 11 is 0. The van der Waals surface area contributed by atoms with Crippen LogP contribution < -0.4 is 16.0 Å². The molecule has 0 aromatic rings. The van der Waals surface area contributed by atoms with Crippen molar-refractivity contribution in [3.63, 3.8) is 0 Å². The molecule has 134 valence electrons. The zero-order chi connectivity index (χ0) is 17.5. The van der Waals surface area contributed by atoms with Crippen LogP contribution in [0, 0.1) is 11.8 Å². The van der Waals surface area contributed by atoms with Gasteiger partial charge in [-0.25, -0.2) is 0 Å². The highest BCUT2D eigenvalue weighted by Crippen LogP contribution is 2.37. The summed E-state index contributed by atoms with van der Waals surface area (Å²) in [5, 5.41) is 8.98. The van der Waals surface area contributed by atoms with E-state index < -0.39 is 12.1 Å². The van der Waals surface area contributed by atoms with Gasteiger partial charge in [0.05, 0.1) is 5.92 Å². The molecule has 0 aliphatic heterocycles. The Hall–Kier alpha value is -1.47. The van der Waals surface area contributed by atoms with Gasteiger partial charge in [0.2, 0.25) is 5.91 Å². The number of hydrogen-bond donors (Lipinski definition) is 3. The number of amides is 1. The Kier molecular flexibility index (Phi) is 7.64. The van der Waals surface area contributed by atoms with Gasteiger partial charge in [0.25, 0.3) is 0 Å². The third-order valence-electron chi connectivity index (χ3n) is 4.00.